The largest absolute Gasteiger partial charge is 0.307 e. The Kier molecular flexibility index (Phi) is 3.18. The van der Waals surface area contributed by atoms with Crippen LogP contribution >= 0.6 is 0 Å². The van der Waals surface area contributed by atoms with Crippen LogP contribution in [0.15, 0.2) is 30.6 Å². The van der Waals surface area contributed by atoms with Crippen LogP contribution in [-0.2, 0) is 6.54 Å². The van der Waals surface area contributed by atoms with Gasteiger partial charge < -0.3 is 4.40 Å². The summed E-state index contributed by atoms with van der Waals surface area (Å²) in [4.78, 5) is 6.60. The molecular weight excluding hydrogens is 200 g/mol. The first kappa shape index (κ1) is 10.7. The number of nitrogens with zero attached hydrogens (tertiary/aromatic N) is 4. The van der Waals surface area contributed by atoms with E-state index >= 15 is 0 Å². The number of imidazole rings is 1. The lowest BCUT2D eigenvalue weighted by Gasteiger charge is -2.12. The molecule has 2 heterocycles. The predicted octanol–water partition coefficient (Wildman–Crippen LogP) is 1.68. The average molecular weight is 214 g/mol. The number of fused-ring (bicyclic) bond motifs is 1. The molecule has 2 aromatic heterocycles. The Morgan fingerprint density at radius 1 is 1.50 bits per heavy atom. The van der Waals surface area contributed by atoms with Crippen molar-refractivity contribution in [3.05, 3.63) is 36.3 Å². The zero-order valence-electron chi connectivity index (χ0n) is 9.30. The van der Waals surface area contributed by atoms with Crippen LogP contribution in [0.5, 0.6) is 0 Å². The summed E-state index contributed by atoms with van der Waals surface area (Å²) in [6.07, 6.45) is 4.57. The Labute approximate surface area is 94.7 Å². The molecule has 0 aliphatic rings. The first-order chi connectivity index (χ1) is 7.79. The van der Waals surface area contributed by atoms with Crippen molar-refractivity contribution in [1.29, 1.82) is 5.26 Å². The molecule has 0 aliphatic heterocycles. The van der Waals surface area contributed by atoms with Gasteiger partial charge in [0.1, 0.15) is 5.65 Å². The molecule has 4 heteroatoms. The van der Waals surface area contributed by atoms with Crippen LogP contribution in [0.4, 0.5) is 0 Å². The highest BCUT2D eigenvalue weighted by atomic mass is 15.1. The molecule has 16 heavy (non-hydrogen) atoms. The first-order valence-electron chi connectivity index (χ1n) is 5.27. The predicted molar refractivity (Wildman–Crippen MR) is 61.8 cm³/mol. The summed E-state index contributed by atoms with van der Waals surface area (Å²) < 4.78 is 2.01. The van der Waals surface area contributed by atoms with Crippen molar-refractivity contribution in [3.8, 4) is 6.07 Å². The molecule has 0 unspecified atom stereocenters. The molecule has 0 radical (unpaired) electrons. The molecule has 0 N–H and O–H groups in total. The van der Waals surface area contributed by atoms with Crippen LogP contribution in [0.3, 0.4) is 0 Å². The maximum atomic E-state index is 8.50. The van der Waals surface area contributed by atoms with Crippen LogP contribution in [0.25, 0.3) is 5.65 Å². The fourth-order valence-electron chi connectivity index (χ4n) is 1.66. The quantitative estimate of drug-likeness (QED) is 0.777. The Hall–Kier alpha value is -1.86. The van der Waals surface area contributed by atoms with Crippen molar-refractivity contribution in [2.75, 3.05) is 13.6 Å². The van der Waals surface area contributed by atoms with Gasteiger partial charge in [0.25, 0.3) is 0 Å². The molecule has 0 amide bonds. The molecule has 0 aliphatic carbocycles. The highest BCUT2D eigenvalue weighted by Crippen LogP contribution is 2.06. The van der Waals surface area contributed by atoms with Crippen molar-refractivity contribution in [2.24, 2.45) is 0 Å². The standard InChI is InChI=1S/C12H14N4/c1-15(7-4-6-13)9-11-10-16-8-3-2-5-12(16)14-11/h2-3,5,8,10H,4,7,9H2,1H3. The minimum Gasteiger partial charge on any atom is -0.307 e. The second kappa shape index (κ2) is 4.77. The van der Waals surface area contributed by atoms with Gasteiger partial charge in [-0.25, -0.2) is 4.98 Å². The van der Waals surface area contributed by atoms with Gasteiger partial charge in [0.15, 0.2) is 0 Å². The van der Waals surface area contributed by atoms with Crippen LogP contribution in [-0.4, -0.2) is 27.9 Å². The fourth-order valence-corrected chi connectivity index (χ4v) is 1.66. The van der Waals surface area contributed by atoms with Gasteiger partial charge in [-0.3, -0.25) is 4.90 Å². The van der Waals surface area contributed by atoms with Gasteiger partial charge in [-0.2, -0.15) is 5.26 Å². The van der Waals surface area contributed by atoms with E-state index in [1.54, 1.807) is 0 Å². The number of nitriles is 1. The summed E-state index contributed by atoms with van der Waals surface area (Å²) in [6, 6.07) is 8.09. The van der Waals surface area contributed by atoms with Crippen LogP contribution < -0.4 is 0 Å². The second-order valence-corrected chi connectivity index (χ2v) is 3.84. The summed E-state index contributed by atoms with van der Waals surface area (Å²) in [7, 11) is 2.00. The normalized spacial score (nSPS) is 10.8. The maximum absolute atomic E-state index is 8.50. The van der Waals surface area contributed by atoms with E-state index in [4.69, 9.17) is 5.26 Å². The van der Waals surface area contributed by atoms with E-state index < -0.39 is 0 Å². The van der Waals surface area contributed by atoms with E-state index in [2.05, 4.69) is 16.0 Å². The summed E-state index contributed by atoms with van der Waals surface area (Å²) in [6.45, 7) is 1.56. The fraction of sp³-hybridized carbons (Fsp3) is 0.333. The van der Waals surface area contributed by atoms with Crippen LogP contribution in [0.1, 0.15) is 12.1 Å². The molecule has 2 rings (SSSR count). The Morgan fingerprint density at radius 2 is 2.38 bits per heavy atom. The number of hydrogen-bond donors (Lipinski definition) is 0. The summed E-state index contributed by atoms with van der Waals surface area (Å²) in [5.74, 6) is 0. The van der Waals surface area contributed by atoms with E-state index in [0.29, 0.717) is 6.42 Å². The van der Waals surface area contributed by atoms with Crippen molar-refractivity contribution >= 4 is 5.65 Å². The Morgan fingerprint density at radius 3 is 3.12 bits per heavy atom. The van der Waals surface area contributed by atoms with Crippen LogP contribution in [0, 0.1) is 11.3 Å². The first-order valence-corrected chi connectivity index (χ1v) is 5.27. The minimum absolute atomic E-state index is 0.559. The van der Waals surface area contributed by atoms with Gasteiger partial charge >= 0.3 is 0 Å². The van der Waals surface area contributed by atoms with Crippen molar-refractivity contribution in [3.63, 3.8) is 0 Å². The second-order valence-electron chi connectivity index (χ2n) is 3.84. The molecule has 0 saturated heterocycles. The molecule has 0 aromatic carbocycles. The molecular formula is C12H14N4. The molecule has 4 nitrogen and oxygen atoms in total. The van der Waals surface area contributed by atoms with Gasteiger partial charge in [-0.05, 0) is 19.2 Å². The summed E-state index contributed by atoms with van der Waals surface area (Å²) in [5, 5.41) is 8.50. The lowest BCUT2D eigenvalue weighted by Crippen LogP contribution is -2.18. The van der Waals surface area contributed by atoms with Gasteiger partial charge in [0.05, 0.1) is 11.8 Å². The lowest BCUT2D eigenvalue weighted by atomic mass is 10.4. The number of hydrogen-bond acceptors (Lipinski definition) is 3. The van der Waals surface area contributed by atoms with Crippen LogP contribution in [0.2, 0.25) is 0 Å². The Balaban J connectivity index is 2.07. The van der Waals surface area contributed by atoms with E-state index in [9.17, 15) is 0 Å². The lowest BCUT2D eigenvalue weighted by molar-refractivity contribution is 0.331. The third-order valence-corrected chi connectivity index (χ3v) is 2.45. The number of aromatic nitrogens is 2. The number of rotatable bonds is 4. The highest BCUT2D eigenvalue weighted by Gasteiger charge is 2.04. The molecule has 0 atom stereocenters. The summed E-state index contributed by atoms with van der Waals surface area (Å²) in [5.41, 5.74) is 2.00. The highest BCUT2D eigenvalue weighted by molar-refractivity contribution is 5.39. The van der Waals surface area contributed by atoms with Crippen molar-refractivity contribution in [1.82, 2.24) is 14.3 Å². The SMILES string of the molecule is CN(CCC#N)Cc1cn2ccccc2n1. The van der Waals surface area contributed by atoms with E-state index in [0.717, 1.165) is 24.4 Å². The smallest absolute Gasteiger partial charge is 0.137 e. The van der Waals surface area contributed by atoms with Crippen molar-refractivity contribution in [2.45, 2.75) is 13.0 Å². The van der Waals surface area contributed by atoms with Crippen molar-refractivity contribution < 1.29 is 0 Å². The third kappa shape index (κ3) is 2.38. The van der Waals surface area contributed by atoms with Gasteiger partial charge in [0, 0.05) is 31.9 Å². The molecule has 82 valence electrons. The molecule has 0 saturated carbocycles. The van der Waals surface area contributed by atoms with Gasteiger partial charge in [0.2, 0.25) is 0 Å². The summed E-state index contributed by atoms with van der Waals surface area (Å²) >= 11 is 0. The number of pyridine rings is 1. The zero-order valence-corrected chi connectivity index (χ0v) is 9.30. The monoisotopic (exact) mass is 214 g/mol. The van der Waals surface area contributed by atoms with E-state index in [-0.39, 0.29) is 0 Å². The topological polar surface area (TPSA) is 44.3 Å². The zero-order chi connectivity index (χ0) is 11.4. The molecule has 0 fully saturated rings. The van der Waals surface area contributed by atoms with Gasteiger partial charge in [-0.15, -0.1) is 0 Å². The van der Waals surface area contributed by atoms with E-state index in [1.165, 1.54) is 0 Å². The minimum atomic E-state index is 0.559. The average Bonchev–Trinajstić information content (AvgIpc) is 2.68. The Bertz CT molecular complexity index is 476. The van der Waals surface area contributed by atoms with E-state index in [1.807, 2.05) is 42.0 Å². The third-order valence-electron chi connectivity index (χ3n) is 2.45. The maximum Gasteiger partial charge on any atom is 0.137 e. The van der Waals surface area contributed by atoms with Gasteiger partial charge in [-0.1, -0.05) is 6.07 Å². The molecule has 0 bridgehead atoms. The molecule has 0 spiro atoms. The molecule has 2 aromatic rings.